The fourth-order valence-electron chi connectivity index (χ4n) is 4.55. The third-order valence-corrected chi connectivity index (χ3v) is 7.26. The molecule has 0 saturated heterocycles. The van der Waals surface area contributed by atoms with Crippen molar-refractivity contribution in [3.05, 3.63) is 82.7 Å². The average Bonchev–Trinajstić information content (AvgIpc) is 3.53. The molecule has 0 atom stereocenters. The summed E-state index contributed by atoms with van der Waals surface area (Å²) in [5, 5.41) is 7.48. The van der Waals surface area contributed by atoms with Gasteiger partial charge in [0, 0.05) is 38.9 Å². The van der Waals surface area contributed by atoms with E-state index in [4.69, 9.17) is 4.98 Å². The van der Waals surface area contributed by atoms with Gasteiger partial charge in [0.25, 0.3) is 0 Å². The Kier molecular flexibility index (Phi) is 8.95. The van der Waals surface area contributed by atoms with Crippen LogP contribution in [0.4, 0.5) is 26.3 Å². The third kappa shape index (κ3) is 7.05. The van der Waals surface area contributed by atoms with Gasteiger partial charge in [-0.25, -0.2) is 4.57 Å². The van der Waals surface area contributed by atoms with Crippen molar-refractivity contribution in [2.45, 2.75) is 84.0 Å². The summed E-state index contributed by atoms with van der Waals surface area (Å²) >= 11 is 0. The van der Waals surface area contributed by atoms with E-state index < -0.39 is 34.6 Å². The molecule has 0 aliphatic carbocycles. The smallest absolute Gasteiger partial charge is 0.343 e. The van der Waals surface area contributed by atoms with Crippen molar-refractivity contribution in [2.24, 2.45) is 7.05 Å². The molecular weight excluding hydrogens is 753 g/mol. The number of pyridine rings is 2. The van der Waals surface area contributed by atoms with Crippen LogP contribution in [-0.4, -0.2) is 24.5 Å². The van der Waals surface area contributed by atoms with E-state index in [9.17, 15) is 26.3 Å². The number of hydrogen-bond acceptors (Lipinski definition) is 3. The first-order chi connectivity index (χ1) is 19.0. The number of hydrogen-bond donors (Lipinski definition) is 0. The summed E-state index contributed by atoms with van der Waals surface area (Å²) in [5.41, 5.74) is -0.842. The van der Waals surface area contributed by atoms with E-state index in [0.717, 1.165) is 27.9 Å². The van der Waals surface area contributed by atoms with Crippen LogP contribution in [0.25, 0.3) is 11.6 Å². The summed E-state index contributed by atoms with van der Waals surface area (Å²) in [6.45, 7) is 15.7. The van der Waals surface area contributed by atoms with Crippen molar-refractivity contribution < 1.29 is 52.0 Å². The molecule has 0 amide bonds. The van der Waals surface area contributed by atoms with Crippen LogP contribution in [-0.2, 0) is 56.7 Å². The summed E-state index contributed by atoms with van der Waals surface area (Å²) in [5.74, 6) is 0.571. The molecule has 0 N–H and O–H groups in total. The molecule has 0 unspecified atom stereocenters. The summed E-state index contributed by atoms with van der Waals surface area (Å²) in [7, 11) is 1.74. The average molecular weight is 788 g/mol. The number of rotatable bonds is 4. The maximum atomic E-state index is 13.4. The Morgan fingerprint density at radius 2 is 1.28 bits per heavy atom. The van der Waals surface area contributed by atoms with Crippen LogP contribution in [0.5, 0.6) is 0 Å². The Bertz CT molecular complexity index is 1620. The summed E-state index contributed by atoms with van der Waals surface area (Å²) in [6, 6.07) is 9.05. The Morgan fingerprint density at radius 3 is 1.77 bits per heavy atom. The van der Waals surface area contributed by atoms with Gasteiger partial charge in [0.2, 0.25) is 0 Å². The molecule has 0 saturated carbocycles. The van der Waals surface area contributed by atoms with Crippen molar-refractivity contribution >= 4 is 0 Å². The van der Waals surface area contributed by atoms with E-state index in [0.29, 0.717) is 17.2 Å². The predicted octanol–water partition coefficient (Wildman–Crippen LogP) is 7.03. The van der Waals surface area contributed by atoms with Gasteiger partial charge in [0.15, 0.2) is 5.69 Å². The Morgan fingerprint density at radius 1 is 0.721 bits per heavy atom. The predicted molar refractivity (Wildman–Crippen MR) is 144 cm³/mol. The molecule has 4 heterocycles. The molecule has 4 aromatic rings. The molecule has 0 radical (unpaired) electrons. The van der Waals surface area contributed by atoms with Crippen LogP contribution < -0.4 is 4.57 Å². The van der Waals surface area contributed by atoms with Gasteiger partial charge in [0.05, 0.1) is 24.0 Å². The molecule has 6 nitrogen and oxygen atoms in total. The van der Waals surface area contributed by atoms with Crippen LogP contribution in [0.15, 0.2) is 42.6 Å². The van der Waals surface area contributed by atoms with E-state index in [2.05, 4.69) is 16.4 Å². The summed E-state index contributed by atoms with van der Waals surface area (Å²) < 4.78 is 84.0. The van der Waals surface area contributed by atoms with Crippen LogP contribution in [0.2, 0.25) is 0 Å². The van der Waals surface area contributed by atoms with Crippen molar-refractivity contribution in [2.75, 3.05) is 0 Å². The van der Waals surface area contributed by atoms with Crippen molar-refractivity contribution in [1.82, 2.24) is 24.5 Å². The van der Waals surface area contributed by atoms with Crippen LogP contribution in [0.3, 0.4) is 0 Å². The molecule has 4 rings (SSSR count). The molecule has 0 bridgehead atoms. The Labute approximate surface area is 261 Å². The number of halogens is 6. The second-order valence-electron chi connectivity index (χ2n) is 13.0. The van der Waals surface area contributed by atoms with Crippen LogP contribution >= 0.6 is 0 Å². The summed E-state index contributed by atoms with van der Waals surface area (Å²) in [6.07, 6.45) is -5.44. The van der Waals surface area contributed by atoms with E-state index in [-0.39, 0.29) is 32.3 Å². The molecule has 0 aromatic carbocycles. The topological polar surface area (TPSA) is 52.4 Å². The van der Waals surface area contributed by atoms with Gasteiger partial charge in [-0.1, -0.05) is 58.9 Å². The normalized spacial score (nSPS) is 13.3. The fourth-order valence-corrected chi connectivity index (χ4v) is 4.55. The number of aromatic nitrogens is 6. The summed E-state index contributed by atoms with van der Waals surface area (Å²) in [4.78, 5) is 4.75. The van der Waals surface area contributed by atoms with Gasteiger partial charge in [-0.3, -0.25) is 10.1 Å². The zero-order valence-corrected chi connectivity index (χ0v) is 27.6. The maximum absolute atomic E-state index is 13.4. The van der Waals surface area contributed by atoms with Gasteiger partial charge in [0.1, 0.15) is 11.9 Å². The van der Waals surface area contributed by atoms with E-state index >= 15 is 0 Å². The minimum Gasteiger partial charge on any atom is -0.343 e. The molecule has 0 aliphatic rings. The minimum absolute atomic E-state index is 0. The van der Waals surface area contributed by atoms with Crippen LogP contribution in [0.1, 0.15) is 89.3 Å². The molecule has 236 valence electrons. The maximum Gasteiger partial charge on any atom is 0.437 e. The van der Waals surface area contributed by atoms with E-state index in [1.165, 1.54) is 10.9 Å². The van der Waals surface area contributed by atoms with Gasteiger partial charge in [-0.2, -0.15) is 26.3 Å². The quantitative estimate of drug-likeness (QED) is 0.127. The first kappa shape index (κ1) is 34.5. The molecule has 0 aliphatic heterocycles. The Hall–Kier alpha value is -3.01. The van der Waals surface area contributed by atoms with Gasteiger partial charge < -0.3 is 4.68 Å². The molecule has 0 spiro atoms. The molecule has 0 fully saturated rings. The third-order valence-electron chi connectivity index (χ3n) is 7.26. The van der Waals surface area contributed by atoms with E-state index in [1.54, 1.807) is 23.7 Å². The second-order valence-corrected chi connectivity index (χ2v) is 13.0. The standard InChI is InChI=1S/C30H34F6N6.Pt/c1-26(2,3)18-14-22(37-24(16-18)41-12-10-20(38-41)29(31,32)33)28(7,8)23-15-19(27(4,5)6)17-25(40(23)9)42-13-11-21(39-42)30(34,35)36;/h10-11,13-17H,1-9H3;. The Balaban J connectivity index is 0.00000506. The minimum atomic E-state index is -4.64. The van der Waals surface area contributed by atoms with Crippen molar-refractivity contribution in [3.63, 3.8) is 0 Å². The fraction of sp³-hybridized carbons (Fsp3) is 0.467. The van der Waals surface area contributed by atoms with Gasteiger partial charge >= 0.3 is 18.2 Å². The first-order valence-corrected chi connectivity index (χ1v) is 13.3. The largest absolute Gasteiger partial charge is 0.437 e. The number of nitrogens with zero attached hydrogens (tertiary/aromatic N) is 6. The van der Waals surface area contributed by atoms with Gasteiger partial charge in [-0.15, -0.1) is 10.7 Å². The van der Waals surface area contributed by atoms with Crippen molar-refractivity contribution in [3.8, 4) is 11.6 Å². The zero-order chi connectivity index (χ0) is 31.6. The number of alkyl halides is 6. The molecule has 4 aromatic heterocycles. The van der Waals surface area contributed by atoms with Crippen molar-refractivity contribution in [1.29, 1.82) is 0 Å². The molecule has 13 heteroatoms. The SMILES string of the molecule is C[n+]1c(-n2ccc(C(F)(F)F)n2)cc(C(C)(C)C)cc1C(C)(C)c1cc(C(C)(C)C)cc(-n2[c-]cc(C(F)(F)F)n2)n1.[Pt]. The van der Waals surface area contributed by atoms with Crippen LogP contribution in [0, 0.1) is 6.20 Å². The van der Waals surface area contributed by atoms with E-state index in [1.807, 2.05) is 67.5 Å². The van der Waals surface area contributed by atoms with Gasteiger partial charge in [-0.05, 0) is 47.9 Å². The first-order valence-electron chi connectivity index (χ1n) is 13.3. The zero-order valence-electron chi connectivity index (χ0n) is 25.3. The second kappa shape index (κ2) is 11.2. The molecule has 43 heavy (non-hydrogen) atoms. The molecular formula is C30H34F6N6Pt. The monoisotopic (exact) mass is 787 g/mol.